The molecule has 3 aromatic carbocycles. The number of aryl methyl sites for hydroxylation is 1. The molecule has 3 aromatic rings. The van der Waals surface area contributed by atoms with E-state index in [4.69, 9.17) is 9.47 Å². The summed E-state index contributed by atoms with van der Waals surface area (Å²) >= 11 is 0. The monoisotopic (exact) mass is 519 g/mol. The minimum atomic E-state index is -1.52. The molecule has 0 amide bonds. The summed E-state index contributed by atoms with van der Waals surface area (Å²) in [7, 11) is -1.52. The molecule has 5 nitrogen and oxygen atoms in total. The fraction of sp³-hybridized carbons (Fsp3) is 0.419. The van der Waals surface area contributed by atoms with E-state index in [1.54, 1.807) is 19.0 Å². The largest absolute Gasteiger partial charge is 0.465 e. The van der Waals surface area contributed by atoms with Crippen LogP contribution in [0.1, 0.15) is 38.7 Å². The maximum absolute atomic E-state index is 12.2. The van der Waals surface area contributed by atoms with Gasteiger partial charge in [-0.2, -0.15) is 0 Å². The number of esters is 2. The van der Waals surface area contributed by atoms with Crippen LogP contribution < -0.4 is 10.5 Å². The zero-order valence-corrected chi connectivity index (χ0v) is 23.7. The Kier molecular flexibility index (Phi) is 10.8. The molecular weight excluding hydrogens is 478 g/mol. The van der Waals surface area contributed by atoms with Crippen LogP contribution in [-0.2, 0) is 25.5 Å². The van der Waals surface area contributed by atoms with Gasteiger partial charge in [-0.3, -0.25) is 9.59 Å². The summed E-state index contributed by atoms with van der Waals surface area (Å²) < 4.78 is 10.1. The quantitative estimate of drug-likeness (QED) is 0.117. The molecule has 0 saturated heterocycles. The van der Waals surface area contributed by atoms with Crippen molar-refractivity contribution in [2.24, 2.45) is 5.92 Å². The number of fused-ring (bicyclic) bond motifs is 1. The fourth-order valence-corrected chi connectivity index (χ4v) is 7.70. The van der Waals surface area contributed by atoms with E-state index in [9.17, 15) is 9.59 Å². The summed E-state index contributed by atoms with van der Waals surface area (Å²) in [4.78, 5) is 24.4. The van der Waals surface area contributed by atoms with Crippen molar-refractivity contribution in [3.8, 4) is 0 Å². The number of hydrogen-bond acceptors (Lipinski definition) is 5. The van der Waals surface area contributed by atoms with E-state index in [1.807, 2.05) is 12.1 Å². The molecule has 0 unspecified atom stereocenters. The molecule has 3 rings (SSSR count). The van der Waals surface area contributed by atoms with Gasteiger partial charge < -0.3 is 14.8 Å². The lowest BCUT2D eigenvalue weighted by atomic mass is 9.99. The van der Waals surface area contributed by atoms with Crippen molar-refractivity contribution in [3.05, 3.63) is 72.3 Å². The molecule has 0 bridgehead atoms. The van der Waals surface area contributed by atoms with Crippen molar-refractivity contribution < 1.29 is 19.1 Å². The van der Waals surface area contributed by atoms with Crippen LogP contribution in [0, 0.1) is 5.92 Å². The van der Waals surface area contributed by atoms with E-state index in [0.717, 1.165) is 24.2 Å². The number of rotatable bonds is 14. The van der Waals surface area contributed by atoms with Crippen LogP contribution in [0.25, 0.3) is 10.8 Å². The Bertz CT molecular complexity index is 1140. The Morgan fingerprint density at radius 3 is 2.16 bits per heavy atom. The zero-order chi connectivity index (χ0) is 26.7. The first-order valence-corrected chi connectivity index (χ1v) is 16.7. The Morgan fingerprint density at radius 2 is 1.49 bits per heavy atom. The van der Waals surface area contributed by atoms with Crippen molar-refractivity contribution in [1.29, 1.82) is 0 Å². The van der Waals surface area contributed by atoms with E-state index in [-0.39, 0.29) is 13.2 Å². The number of anilines is 1. The summed E-state index contributed by atoms with van der Waals surface area (Å²) in [6, 6.07) is 25.0. The highest BCUT2D eigenvalue weighted by atomic mass is 28.3. The Balaban J connectivity index is 1.44. The standard InChI is InChI=1S/C31H41NO4Si/c1-5-35-30(33)28(31(34)36-6-2)21-18-24-16-19-26(20-17-24)32-22-9-10-23-37(3,4)29-15-11-13-25-12-7-8-14-27(25)29/h7-8,11-17,19-20,28,32H,5-6,9-10,18,21-23H2,1-4H3. The van der Waals surface area contributed by atoms with Crippen molar-refractivity contribution in [1.82, 2.24) is 0 Å². The van der Waals surface area contributed by atoms with Gasteiger partial charge in [-0.25, -0.2) is 0 Å². The van der Waals surface area contributed by atoms with E-state index in [1.165, 1.54) is 23.2 Å². The second-order valence-corrected chi connectivity index (χ2v) is 14.9. The fourth-order valence-electron chi connectivity index (χ4n) is 4.79. The van der Waals surface area contributed by atoms with Crippen molar-refractivity contribution in [2.45, 2.75) is 58.7 Å². The molecule has 0 heterocycles. The molecule has 0 aliphatic carbocycles. The molecule has 37 heavy (non-hydrogen) atoms. The number of hydrogen-bond donors (Lipinski definition) is 1. The molecule has 0 spiro atoms. The van der Waals surface area contributed by atoms with Gasteiger partial charge in [0.2, 0.25) is 0 Å². The highest BCUT2D eigenvalue weighted by Gasteiger charge is 2.29. The second-order valence-electron chi connectivity index (χ2n) is 10.1. The molecule has 0 fully saturated rings. The third-order valence-corrected chi connectivity index (χ3v) is 10.4. The van der Waals surface area contributed by atoms with Gasteiger partial charge in [0.15, 0.2) is 5.92 Å². The second kappa shape index (κ2) is 14.0. The molecule has 6 heteroatoms. The van der Waals surface area contributed by atoms with Gasteiger partial charge in [-0.05, 0) is 61.6 Å². The summed E-state index contributed by atoms with van der Waals surface area (Å²) in [5.41, 5.74) is 2.16. The van der Waals surface area contributed by atoms with Crippen molar-refractivity contribution in [3.63, 3.8) is 0 Å². The molecule has 0 aromatic heterocycles. The molecule has 0 radical (unpaired) electrons. The van der Waals surface area contributed by atoms with Crippen LogP contribution in [0.5, 0.6) is 0 Å². The lowest BCUT2D eigenvalue weighted by Gasteiger charge is -2.25. The molecule has 1 N–H and O–H groups in total. The predicted molar refractivity (Wildman–Crippen MR) is 155 cm³/mol. The van der Waals surface area contributed by atoms with E-state index in [2.05, 4.69) is 73.0 Å². The summed E-state index contributed by atoms with van der Waals surface area (Å²) in [5, 5.41) is 7.84. The third-order valence-electron chi connectivity index (χ3n) is 6.89. The first-order valence-electron chi connectivity index (χ1n) is 13.5. The van der Waals surface area contributed by atoms with Crippen LogP contribution in [0.3, 0.4) is 0 Å². The van der Waals surface area contributed by atoms with Crippen molar-refractivity contribution in [2.75, 3.05) is 25.1 Å². The molecule has 198 valence electrons. The van der Waals surface area contributed by atoms with Gasteiger partial charge in [-0.1, -0.05) is 85.3 Å². The SMILES string of the molecule is CCOC(=O)C(CCc1ccc(NCCCC[Si](C)(C)c2cccc3ccccc23)cc1)C(=O)OCC. The van der Waals surface area contributed by atoms with Gasteiger partial charge in [0.1, 0.15) is 0 Å². The number of ether oxygens (including phenoxy) is 2. The smallest absolute Gasteiger partial charge is 0.320 e. The number of unbranched alkanes of at least 4 members (excludes halogenated alkanes) is 1. The molecule has 0 saturated carbocycles. The van der Waals surface area contributed by atoms with Crippen LogP contribution in [-0.4, -0.2) is 39.8 Å². The maximum Gasteiger partial charge on any atom is 0.320 e. The number of benzene rings is 3. The first-order chi connectivity index (χ1) is 17.9. The lowest BCUT2D eigenvalue weighted by molar-refractivity contribution is -0.161. The van der Waals surface area contributed by atoms with Gasteiger partial charge >= 0.3 is 11.9 Å². The average molecular weight is 520 g/mol. The Hall–Kier alpha value is -3.12. The summed E-state index contributed by atoms with van der Waals surface area (Å²) in [5.74, 6) is -1.89. The maximum atomic E-state index is 12.2. The van der Waals surface area contributed by atoms with Crippen LogP contribution >= 0.6 is 0 Å². The van der Waals surface area contributed by atoms with Crippen LogP contribution in [0.4, 0.5) is 5.69 Å². The molecular formula is C31H41NO4Si. The highest BCUT2D eigenvalue weighted by molar-refractivity contribution is 6.91. The zero-order valence-electron chi connectivity index (χ0n) is 22.7. The lowest BCUT2D eigenvalue weighted by Crippen LogP contribution is -2.41. The van der Waals surface area contributed by atoms with Gasteiger partial charge in [0.25, 0.3) is 0 Å². The Labute approximate surface area is 222 Å². The Morgan fingerprint density at radius 1 is 0.838 bits per heavy atom. The van der Waals surface area contributed by atoms with Gasteiger partial charge in [0, 0.05) is 12.2 Å². The van der Waals surface area contributed by atoms with E-state index in [0.29, 0.717) is 12.8 Å². The minimum absolute atomic E-state index is 0.248. The molecule has 0 aliphatic heterocycles. The van der Waals surface area contributed by atoms with E-state index >= 15 is 0 Å². The first kappa shape index (κ1) is 28.4. The predicted octanol–water partition coefficient (Wildman–Crippen LogP) is 6.32. The minimum Gasteiger partial charge on any atom is -0.465 e. The third kappa shape index (κ3) is 8.19. The molecule has 0 aliphatic rings. The topological polar surface area (TPSA) is 64.6 Å². The average Bonchev–Trinajstić information content (AvgIpc) is 2.89. The highest BCUT2D eigenvalue weighted by Crippen LogP contribution is 2.21. The summed E-state index contributed by atoms with van der Waals surface area (Å²) in [6.45, 7) is 9.87. The van der Waals surface area contributed by atoms with E-state index < -0.39 is 25.9 Å². The van der Waals surface area contributed by atoms with Gasteiger partial charge in [-0.15, -0.1) is 0 Å². The normalized spacial score (nSPS) is 11.5. The van der Waals surface area contributed by atoms with Gasteiger partial charge in [0.05, 0.1) is 21.3 Å². The molecule has 0 atom stereocenters. The van der Waals surface area contributed by atoms with Crippen LogP contribution in [0.2, 0.25) is 19.1 Å². The van der Waals surface area contributed by atoms with Crippen LogP contribution in [0.15, 0.2) is 66.7 Å². The summed E-state index contributed by atoms with van der Waals surface area (Å²) in [6.07, 6.45) is 3.32. The van der Waals surface area contributed by atoms with Crippen molar-refractivity contribution >= 4 is 41.7 Å². The number of carbonyl (C=O) groups excluding carboxylic acids is 2. The number of nitrogens with one attached hydrogen (secondary N) is 1. The number of carbonyl (C=O) groups is 2.